The summed E-state index contributed by atoms with van der Waals surface area (Å²) in [5, 5.41) is 0.289. The zero-order valence-corrected chi connectivity index (χ0v) is 7.57. The summed E-state index contributed by atoms with van der Waals surface area (Å²) in [6.07, 6.45) is 0. The van der Waals surface area contributed by atoms with Gasteiger partial charge in [-0.1, -0.05) is 19.1 Å². The molecule has 1 heterocycles. The van der Waals surface area contributed by atoms with E-state index in [1.165, 1.54) is 17.8 Å². The quantitative estimate of drug-likeness (QED) is 0.668. The highest BCUT2D eigenvalue weighted by Crippen LogP contribution is 2.43. The van der Waals surface area contributed by atoms with Gasteiger partial charge in [-0.2, -0.15) is 0 Å². The Labute approximate surface area is 75.1 Å². The number of fused-ring (bicyclic) bond motifs is 1. The molecule has 0 aliphatic carbocycles. The molecule has 1 aliphatic heterocycles. The third-order valence-corrected chi connectivity index (χ3v) is 3.50. The summed E-state index contributed by atoms with van der Waals surface area (Å²) in [5.74, 6) is -0.141. The molecule has 2 atom stereocenters. The van der Waals surface area contributed by atoms with E-state index in [2.05, 4.69) is 0 Å². The van der Waals surface area contributed by atoms with E-state index in [1.807, 2.05) is 13.0 Å². The highest BCUT2D eigenvalue weighted by Gasteiger charge is 2.28. The lowest BCUT2D eigenvalue weighted by atomic mass is 10.1. The Morgan fingerprint density at radius 1 is 1.50 bits per heavy atom. The number of hydrogen-bond donors (Lipinski definition) is 1. The van der Waals surface area contributed by atoms with Crippen LogP contribution in [-0.4, -0.2) is 5.25 Å². The van der Waals surface area contributed by atoms with Crippen molar-refractivity contribution in [2.45, 2.75) is 23.1 Å². The fourth-order valence-corrected chi connectivity index (χ4v) is 2.61. The van der Waals surface area contributed by atoms with Gasteiger partial charge in [0.2, 0.25) is 0 Å². The minimum atomic E-state index is -0.141. The van der Waals surface area contributed by atoms with Crippen LogP contribution >= 0.6 is 11.8 Å². The van der Waals surface area contributed by atoms with Crippen LogP contribution in [0.5, 0.6) is 0 Å². The van der Waals surface area contributed by atoms with Gasteiger partial charge in [-0.15, -0.1) is 11.8 Å². The smallest absolute Gasteiger partial charge is 0.137 e. The number of thioether (sulfide) groups is 1. The third-order valence-electron chi connectivity index (χ3n) is 2.17. The fraction of sp³-hybridized carbons (Fsp3) is 0.333. The van der Waals surface area contributed by atoms with E-state index in [0.717, 1.165) is 10.5 Å². The van der Waals surface area contributed by atoms with Gasteiger partial charge >= 0.3 is 0 Å². The molecule has 0 amide bonds. The molecule has 0 fully saturated rings. The highest BCUT2D eigenvalue weighted by molar-refractivity contribution is 8.00. The van der Waals surface area contributed by atoms with E-state index in [-0.39, 0.29) is 17.1 Å². The highest BCUT2D eigenvalue weighted by atomic mass is 32.2. The van der Waals surface area contributed by atoms with Crippen molar-refractivity contribution in [3.05, 3.63) is 29.6 Å². The van der Waals surface area contributed by atoms with Crippen LogP contribution in [0.1, 0.15) is 18.5 Å². The minimum Gasteiger partial charge on any atom is -0.323 e. The zero-order chi connectivity index (χ0) is 8.72. The van der Waals surface area contributed by atoms with E-state index >= 15 is 0 Å². The minimum absolute atomic E-state index is 0.0132. The lowest BCUT2D eigenvalue weighted by Crippen LogP contribution is -2.15. The second kappa shape index (κ2) is 2.75. The molecular weight excluding hydrogens is 173 g/mol. The number of nitrogens with two attached hydrogens (primary N) is 1. The molecular formula is C9H10FNS. The molecule has 2 rings (SSSR count). The number of halogens is 1. The van der Waals surface area contributed by atoms with Crippen molar-refractivity contribution in [1.82, 2.24) is 0 Å². The Morgan fingerprint density at radius 3 is 2.92 bits per heavy atom. The molecule has 0 saturated heterocycles. The Bertz CT molecular complexity index is 313. The van der Waals surface area contributed by atoms with Crippen LogP contribution in [0.25, 0.3) is 0 Å². The van der Waals surface area contributed by atoms with Crippen molar-refractivity contribution < 1.29 is 4.39 Å². The van der Waals surface area contributed by atoms with Crippen LogP contribution in [0.3, 0.4) is 0 Å². The second-order valence-electron chi connectivity index (χ2n) is 3.01. The van der Waals surface area contributed by atoms with Gasteiger partial charge in [0.15, 0.2) is 0 Å². The van der Waals surface area contributed by atoms with Gasteiger partial charge in [0.05, 0.1) is 0 Å². The van der Waals surface area contributed by atoms with Crippen LogP contribution in [-0.2, 0) is 0 Å². The summed E-state index contributed by atoms with van der Waals surface area (Å²) in [6.45, 7) is 2.02. The first-order valence-electron chi connectivity index (χ1n) is 3.91. The van der Waals surface area contributed by atoms with Crippen LogP contribution < -0.4 is 5.73 Å². The first-order chi connectivity index (χ1) is 5.70. The summed E-state index contributed by atoms with van der Waals surface area (Å²) in [7, 11) is 0. The molecule has 2 unspecified atom stereocenters. The average Bonchev–Trinajstić information content (AvgIpc) is 2.32. The molecule has 64 valence electrons. The second-order valence-corrected chi connectivity index (χ2v) is 4.39. The normalized spacial score (nSPS) is 27.2. The Morgan fingerprint density at radius 2 is 2.25 bits per heavy atom. The van der Waals surface area contributed by atoms with Gasteiger partial charge in [0.1, 0.15) is 5.82 Å². The topological polar surface area (TPSA) is 26.0 Å². The van der Waals surface area contributed by atoms with E-state index in [9.17, 15) is 4.39 Å². The molecule has 3 heteroatoms. The van der Waals surface area contributed by atoms with Crippen LogP contribution in [0, 0.1) is 5.82 Å². The molecule has 12 heavy (non-hydrogen) atoms. The van der Waals surface area contributed by atoms with Crippen LogP contribution in [0.15, 0.2) is 23.1 Å². The zero-order valence-electron chi connectivity index (χ0n) is 6.75. The standard InChI is InChI=1S/C9H10FNS/c1-5-8(11)6-3-2-4-7(10)9(6)12-5/h2-5,8H,11H2,1H3. The molecule has 1 nitrogen and oxygen atoms in total. The Kier molecular flexibility index (Phi) is 1.85. The largest absolute Gasteiger partial charge is 0.323 e. The molecule has 0 radical (unpaired) electrons. The van der Waals surface area contributed by atoms with Crippen molar-refractivity contribution >= 4 is 11.8 Å². The molecule has 0 spiro atoms. The van der Waals surface area contributed by atoms with Crippen LogP contribution in [0.4, 0.5) is 4.39 Å². The Hall–Kier alpha value is -0.540. The summed E-state index contributed by atoms with van der Waals surface area (Å²) >= 11 is 1.53. The predicted octanol–water partition coefficient (Wildman–Crippen LogP) is 2.32. The Balaban J connectivity index is 2.53. The van der Waals surface area contributed by atoms with E-state index in [0.29, 0.717) is 0 Å². The number of rotatable bonds is 0. The first-order valence-corrected chi connectivity index (χ1v) is 4.79. The van der Waals surface area contributed by atoms with Gasteiger partial charge in [-0.05, 0) is 11.6 Å². The van der Waals surface area contributed by atoms with E-state index in [4.69, 9.17) is 5.73 Å². The summed E-state index contributed by atoms with van der Waals surface area (Å²) in [5.41, 5.74) is 6.82. The lowest BCUT2D eigenvalue weighted by molar-refractivity contribution is 0.595. The van der Waals surface area contributed by atoms with Crippen molar-refractivity contribution in [1.29, 1.82) is 0 Å². The van der Waals surface area contributed by atoms with Gasteiger partial charge in [0, 0.05) is 16.2 Å². The third kappa shape index (κ3) is 1.04. The summed E-state index contributed by atoms with van der Waals surface area (Å²) < 4.78 is 13.2. The monoisotopic (exact) mass is 183 g/mol. The van der Waals surface area contributed by atoms with Gasteiger partial charge in [0.25, 0.3) is 0 Å². The molecule has 0 aromatic heterocycles. The molecule has 1 aromatic rings. The summed E-state index contributed by atoms with van der Waals surface area (Å²) in [4.78, 5) is 0.734. The molecule has 0 bridgehead atoms. The SMILES string of the molecule is CC1Sc2c(F)cccc2C1N. The van der Waals surface area contributed by atoms with Crippen molar-refractivity contribution in [3.63, 3.8) is 0 Å². The predicted molar refractivity (Wildman–Crippen MR) is 48.6 cm³/mol. The van der Waals surface area contributed by atoms with Gasteiger partial charge in [-0.25, -0.2) is 4.39 Å². The lowest BCUT2D eigenvalue weighted by Gasteiger charge is -2.07. The van der Waals surface area contributed by atoms with Crippen molar-refractivity contribution in [2.75, 3.05) is 0 Å². The van der Waals surface area contributed by atoms with Crippen molar-refractivity contribution in [2.24, 2.45) is 5.73 Å². The molecule has 1 aromatic carbocycles. The molecule has 0 saturated carbocycles. The molecule has 1 aliphatic rings. The number of hydrogen-bond acceptors (Lipinski definition) is 2. The fourth-order valence-electron chi connectivity index (χ4n) is 1.42. The maximum absolute atomic E-state index is 13.2. The van der Waals surface area contributed by atoms with Gasteiger partial charge in [-0.3, -0.25) is 0 Å². The van der Waals surface area contributed by atoms with Crippen molar-refractivity contribution in [3.8, 4) is 0 Å². The first kappa shape index (κ1) is 8.08. The molecule has 2 N–H and O–H groups in total. The van der Waals surface area contributed by atoms with Crippen LogP contribution in [0.2, 0.25) is 0 Å². The summed E-state index contributed by atoms with van der Waals surface area (Å²) in [6, 6.07) is 5.09. The number of benzene rings is 1. The van der Waals surface area contributed by atoms with Gasteiger partial charge < -0.3 is 5.73 Å². The maximum atomic E-state index is 13.2. The maximum Gasteiger partial charge on any atom is 0.137 e. The van der Waals surface area contributed by atoms with E-state index in [1.54, 1.807) is 6.07 Å². The average molecular weight is 183 g/mol. The van der Waals surface area contributed by atoms with E-state index < -0.39 is 0 Å².